The van der Waals surface area contributed by atoms with E-state index in [1.807, 2.05) is 6.92 Å². The largest absolute Gasteiger partial charge is 0.463 e. The molecule has 38 heavy (non-hydrogen) atoms. The molecule has 0 unspecified atom stereocenters. The van der Waals surface area contributed by atoms with Crippen molar-refractivity contribution in [1.29, 1.82) is 0 Å². The fraction of sp³-hybridized carbons (Fsp3) is 0.423. The highest BCUT2D eigenvalue weighted by Gasteiger charge is 2.45. The zero-order valence-corrected chi connectivity index (χ0v) is 21.4. The molecule has 2 aromatic rings. The fourth-order valence-electron chi connectivity index (χ4n) is 5.02. The normalized spacial score (nSPS) is 26.2. The number of hydrogen-bond acceptors (Lipinski definition) is 4. The van der Waals surface area contributed by atoms with E-state index in [2.05, 4.69) is 10.3 Å². The minimum absolute atomic E-state index is 0.0760. The molecule has 8 nitrogen and oxygen atoms in total. The number of aliphatic hydroxyl groups excluding tert-OH is 1. The molecule has 0 aliphatic carbocycles. The standard InChI is InChI=1S/C26H27ClF3N3O5/c1-14-11-17(9-10-38-14)33-20(34)13-25(2,32-23(33)31-24(36)37)19-8-4-7-18(21(19)27)15-5-3-6-16(12-15)22(35)26(28,29)30/h3-8,12,14,17,22,35H,9-11,13H2,1-2H3,(H,31,32)(H,36,37)/t14-,17-,22-,25-/m0/s1. The van der Waals surface area contributed by atoms with Crippen molar-refractivity contribution >= 4 is 29.6 Å². The molecule has 0 saturated carbocycles. The zero-order valence-electron chi connectivity index (χ0n) is 20.6. The van der Waals surface area contributed by atoms with Gasteiger partial charge in [-0.15, -0.1) is 4.99 Å². The van der Waals surface area contributed by atoms with Gasteiger partial charge in [0.25, 0.3) is 0 Å². The number of aliphatic imine (C=N–C) groups is 1. The zero-order chi connectivity index (χ0) is 27.8. The third kappa shape index (κ3) is 5.64. The van der Waals surface area contributed by atoms with Crippen molar-refractivity contribution in [3.05, 3.63) is 58.6 Å². The summed E-state index contributed by atoms with van der Waals surface area (Å²) < 4.78 is 44.8. The molecule has 2 heterocycles. The van der Waals surface area contributed by atoms with E-state index < -0.39 is 23.9 Å². The number of halogens is 4. The predicted octanol–water partition coefficient (Wildman–Crippen LogP) is 5.24. The maximum atomic E-state index is 13.5. The van der Waals surface area contributed by atoms with Gasteiger partial charge in [0.05, 0.1) is 23.1 Å². The molecular weight excluding hydrogens is 527 g/mol. The van der Waals surface area contributed by atoms with Gasteiger partial charge in [0, 0.05) is 18.2 Å². The second-order valence-corrected chi connectivity index (χ2v) is 10.1. The molecule has 204 valence electrons. The number of benzene rings is 2. The van der Waals surface area contributed by atoms with Crippen LogP contribution in [-0.4, -0.2) is 58.0 Å². The third-order valence-corrected chi connectivity index (χ3v) is 7.24. The van der Waals surface area contributed by atoms with Crippen LogP contribution in [-0.2, 0) is 15.1 Å². The van der Waals surface area contributed by atoms with Crippen molar-refractivity contribution in [1.82, 2.24) is 10.2 Å². The minimum Gasteiger partial charge on any atom is -0.463 e. The molecular formula is C26H27ClF3N3O5. The summed E-state index contributed by atoms with van der Waals surface area (Å²) >= 11 is 6.77. The molecule has 3 N–H and O–H groups in total. The molecule has 2 amide bonds. The maximum absolute atomic E-state index is 13.5. The van der Waals surface area contributed by atoms with Gasteiger partial charge in [-0.3, -0.25) is 9.69 Å². The van der Waals surface area contributed by atoms with Gasteiger partial charge in [0.1, 0.15) is 0 Å². The van der Waals surface area contributed by atoms with Crippen LogP contribution in [0.4, 0.5) is 18.0 Å². The molecule has 2 aromatic carbocycles. The second-order valence-electron chi connectivity index (χ2n) is 9.71. The van der Waals surface area contributed by atoms with Crippen LogP contribution in [0.5, 0.6) is 0 Å². The summed E-state index contributed by atoms with van der Waals surface area (Å²) in [6.45, 7) is 3.98. The van der Waals surface area contributed by atoms with Crippen molar-refractivity contribution in [2.24, 2.45) is 4.99 Å². The topological polar surface area (TPSA) is 111 Å². The van der Waals surface area contributed by atoms with Crippen molar-refractivity contribution in [3.63, 3.8) is 0 Å². The van der Waals surface area contributed by atoms with Crippen LogP contribution < -0.4 is 5.32 Å². The SMILES string of the molecule is C[C@H]1C[C@@H](N2C(=O)C[C@@](C)(c3cccc(-c4cccc([C@H](O)C(F)(F)F)c4)c3Cl)N/C2=N\C(=O)O)CCO1. The van der Waals surface area contributed by atoms with Crippen molar-refractivity contribution < 1.29 is 37.7 Å². The summed E-state index contributed by atoms with van der Waals surface area (Å²) in [4.78, 5) is 30.0. The number of carboxylic acid groups (broad SMARTS) is 1. The van der Waals surface area contributed by atoms with Gasteiger partial charge in [-0.05, 0) is 49.4 Å². The first-order valence-electron chi connectivity index (χ1n) is 12.0. The highest BCUT2D eigenvalue weighted by atomic mass is 35.5. The van der Waals surface area contributed by atoms with Gasteiger partial charge in [-0.25, -0.2) is 4.79 Å². The van der Waals surface area contributed by atoms with Crippen molar-refractivity contribution in [3.8, 4) is 11.1 Å². The Labute approximate surface area is 222 Å². The first-order valence-corrected chi connectivity index (χ1v) is 12.4. The molecule has 4 rings (SSSR count). The van der Waals surface area contributed by atoms with Crippen LogP contribution in [0.1, 0.15) is 50.3 Å². The lowest BCUT2D eigenvalue weighted by Crippen LogP contribution is -2.63. The molecule has 4 atom stereocenters. The van der Waals surface area contributed by atoms with E-state index in [0.717, 1.165) is 0 Å². The highest BCUT2D eigenvalue weighted by Crippen LogP contribution is 2.41. The number of nitrogens with zero attached hydrogens (tertiary/aromatic N) is 2. The average molecular weight is 554 g/mol. The van der Waals surface area contributed by atoms with E-state index in [1.54, 1.807) is 31.2 Å². The Morgan fingerprint density at radius 3 is 2.66 bits per heavy atom. The van der Waals surface area contributed by atoms with Crippen LogP contribution in [0.2, 0.25) is 5.02 Å². The quantitative estimate of drug-likeness (QED) is 0.477. The van der Waals surface area contributed by atoms with E-state index in [4.69, 9.17) is 16.3 Å². The lowest BCUT2D eigenvalue weighted by molar-refractivity contribution is -0.206. The van der Waals surface area contributed by atoms with E-state index >= 15 is 0 Å². The monoisotopic (exact) mass is 553 g/mol. The summed E-state index contributed by atoms with van der Waals surface area (Å²) in [5.41, 5.74) is -0.362. The molecule has 2 saturated heterocycles. The van der Waals surface area contributed by atoms with Gasteiger partial charge < -0.3 is 20.3 Å². The van der Waals surface area contributed by atoms with Crippen LogP contribution in [0.25, 0.3) is 11.1 Å². The molecule has 2 fully saturated rings. The number of ether oxygens (including phenoxy) is 1. The summed E-state index contributed by atoms with van der Waals surface area (Å²) in [6.07, 6.45) is -8.13. The first-order chi connectivity index (χ1) is 17.8. The Morgan fingerprint density at radius 2 is 2.00 bits per heavy atom. The Bertz CT molecular complexity index is 1270. The highest BCUT2D eigenvalue weighted by molar-refractivity contribution is 6.34. The van der Waals surface area contributed by atoms with Gasteiger partial charge >= 0.3 is 12.3 Å². The molecule has 0 radical (unpaired) electrons. The molecule has 0 bridgehead atoms. The molecule has 0 aromatic heterocycles. The first kappa shape index (κ1) is 27.9. The second kappa shape index (κ2) is 10.5. The number of aliphatic hydroxyl groups is 1. The van der Waals surface area contributed by atoms with Crippen LogP contribution in [0.15, 0.2) is 47.5 Å². The predicted molar refractivity (Wildman–Crippen MR) is 134 cm³/mol. The van der Waals surface area contributed by atoms with Gasteiger partial charge in [-0.1, -0.05) is 48.0 Å². The maximum Gasteiger partial charge on any atom is 0.434 e. The van der Waals surface area contributed by atoms with E-state index in [1.165, 1.54) is 23.1 Å². The number of rotatable bonds is 4. The van der Waals surface area contributed by atoms with Crippen molar-refractivity contribution in [2.75, 3.05) is 6.61 Å². The Balaban J connectivity index is 1.72. The van der Waals surface area contributed by atoms with Crippen LogP contribution in [0.3, 0.4) is 0 Å². The van der Waals surface area contributed by atoms with Crippen LogP contribution in [0, 0.1) is 0 Å². The number of guanidine groups is 1. The number of amides is 2. The van der Waals surface area contributed by atoms with E-state index in [0.29, 0.717) is 36.1 Å². The third-order valence-electron chi connectivity index (χ3n) is 6.83. The Kier molecular flexibility index (Phi) is 7.74. The number of nitrogens with one attached hydrogen (secondary N) is 1. The number of alkyl halides is 3. The Hall–Kier alpha value is -3.15. The fourth-order valence-corrected chi connectivity index (χ4v) is 5.47. The number of carbonyl (C=O) groups excluding carboxylic acids is 1. The molecule has 0 spiro atoms. The van der Waals surface area contributed by atoms with Crippen LogP contribution >= 0.6 is 11.6 Å². The van der Waals surface area contributed by atoms with Gasteiger partial charge in [0.15, 0.2) is 6.10 Å². The summed E-state index contributed by atoms with van der Waals surface area (Å²) in [5, 5.41) is 22.4. The van der Waals surface area contributed by atoms with Gasteiger partial charge in [0.2, 0.25) is 11.9 Å². The lowest BCUT2D eigenvalue weighted by Gasteiger charge is -2.45. The summed E-state index contributed by atoms with van der Waals surface area (Å²) in [5.74, 6) is -0.464. The van der Waals surface area contributed by atoms with E-state index in [-0.39, 0.29) is 41.0 Å². The van der Waals surface area contributed by atoms with Crippen molar-refractivity contribution in [2.45, 2.75) is 63.1 Å². The number of carbonyl (C=O) groups is 2. The number of hydrogen-bond donors (Lipinski definition) is 3. The molecule has 2 aliphatic rings. The minimum atomic E-state index is -4.84. The van der Waals surface area contributed by atoms with E-state index in [9.17, 15) is 33.0 Å². The summed E-state index contributed by atoms with van der Waals surface area (Å²) in [6, 6.07) is 9.93. The lowest BCUT2D eigenvalue weighted by atomic mass is 9.84. The smallest absolute Gasteiger partial charge is 0.434 e. The van der Waals surface area contributed by atoms with Gasteiger partial charge in [-0.2, -0.15) is 13.2 Å². The molecule has 2 aliphatic heterocycles. The molecule has 12 heteroatoms. The average Bonchev–Trinajstić information content (AvgIpc) is 2.82. The Morgan fingerprint density at radius 1 is 1.29 bits per heavy atom. The summed E-state index contributed by atoms with van der Waals surface area (Å²) in [7, 11) is 0.